The van der Waals surface area contributed by atoms with Gasteiger partial charge in [-0.05, 0) is 49.5 Å². The van der Waals surface area contributed by atoms with E-state index in [1.54, 1.807) is 6.08 Å². The van der Waals surface area contributed by atoms with E-state index in [1.807, 2.05) is 4.90 Å². The van der Waals surface area contributed by atoms with Gasteiger partial charge in [-0.2, -0.15) is 13.2 Å². The molecule has 0 radical (unpaired) electrons. The van der Waals surface area contributed by atoms with E-state index in [9.17, 15) is 18.0 Å². The van der Waals surface area contributed by atoms with E-state index in [-0.39, 0.29) is 12.1 Å². The molecule has 0 unspecified atom stereocenters. The van der Waals surface area contributed by atoms with Crippen LogP contribution in [0.3, 0.4) is 0 Å². The Kier molecular flexibility index (Phi) is 4.94. The van der Waals surface area contributed by atoms with Crippen LogP contribution in [-0.4, -0.2) is 41.5 Å². The molecule has 3 nitrogen and oxygen atoms in total. The van der Waals surface area contributed by atoms with Gasteiger partial charge in [0, 0.05) is 25.7 Å². The molecule has 1 aromatic rings. The van der Waals surface area contributed by atoms with Crippen LogP contribution in [0.5, 0.6) is 0 Å². The molecule has 0 aliphatic carbocycles. The van der Waals surface area contributed by atoms with E-state index in [0.717, 1.165) is 44.6 Å². The van der Waals surface area contributed by atoms with Crippen molar-refractivity contribution in [3.8, 4) is 0 Å². The predicted octanol–water partition coefficient (Wildman–Crippen LogP) is 3.76. The lowest BCUT2D eigenvalue weighted by Gasteiger charge is -2.31. The lowest BCUT2D eigenvalue weighted by Crippen LogP contribution is -2.45. The molecule has 1 aromatic carbocycles. The minimum atomic E-state index is -4.34. The van der Waals surface area contributed by atoms with Crippen molar-refractivity contribution in [1.82, 2.24) is 9.80 Å². The van der Waals surface area contributed by atoms with Crippen molar-refractivity contribution >= 4 is 12.0 Å². The van der Waals surface area contributed by atoms with Crippen molar-refractivity contribution in [3.63, 3.8) is 0 Å². The first-order chi connectivity index (χ1) is 11.4. The van der Waals surface area contributed by atoms with Crippen LogP contribution in [0.1, 0.15) is 36.8 Å². The second-order valence-electron chi connectivity index (χ2n) is 6.35. The average Bonchev–Trinajstić information content (AvgIpc) is 3.22. The summed E-state index contributed by atoms with van der Waals surface area (Å²) < 4.78 is 37.6. The van der Waals surface area contributed by atoms with E-state index >= 15 is 0 Å². The van der Waals surface area contributed by atoms with Crippen LogP contribution in [0.25, 0.3) is 6.08 Å². The summed E-state index contributed by atoms with van der Waals surface area (Å²) >= 11 is 0. The second kappa shape index (κ2) is 6.97. The van der Waals surface area contributed by atoms with E-state index in [2.05, 4.69) is 4.90 Å². The Morgan fingerprint density at radius 2 is 1.71 bits per heavy atom. The average molecular weight is 338 g/mol. The van der Waals surface area contributed by atoms with E-state index in [4.69, 9.17) is 0 Å². The number of amides is 1. The predicted molar refractivity (Wildman–Crippen MR) is 86.0 cm³/mol. The molecule has 2 heterocycles. The molecule has 0 spiro atoms. The molecule has 1 amide bonds. The molecular weight excluding hydrogens is 317 g/mol. The zero-order valence-electron chi connectivity index (χ0n) is 13.4. The van der Waals surface area contributed by atoms with Crippen molar-refractivity contribution in [2.75, 3.05) is 19.6 Å². The highest BCUT2D eigenvalue weighted by atomic mass is 19.4. The molecule has 1 atom stereocenters. The fourth-order valence-electron chi connectivity index (χ4n) is 3.47. The Hall–Kier alpha value is -1.82. The summed E-state index contributed by atoms with van der Waals surface area (Å²) in [5, 5.41) is 0. The summed E-state index contributed by atoms with van der Waals surface area (Å²) in [5.74, 6) is -0.0655. The van der Waals surface area contributed by atoms with Gasteiger partial charge in [-0.25, -0.2) is 0 Å². The number of likely N-dealkylation sites (tertiary alicyclic amines) is 2. The van der Waals surface area contributed by atoms with Crippen molar-refractivity contribution < 1.29 is 18.0 Å². The first-order valence-electron chi connectivity index (χ1n) is 8.35. The Morgan fingerprint density at radius 3 is 2.33 bits per heavy atom. The molecule has 3 rings (SSSR count). The number of carbonyl (C=O) groups excluding carboxylic acids is 1. The number of hydrogen-bond donors (Lipinski definition) is 0. The Morgan fingerprint density at radius 1 is 1.04 bits per heavy atom. The molecule has 0 aromatic heterocycles. The molecule has 6 heteroatoms. The van der Waals surface area contributed by atoms with Crippen LogP contribution >= 0.6 is 0 Å². The Balaban J connectivity index is 1.64. The lowest BCUT2D eigenvalue weighted by atomic mass is 10.1. The largest absolute Gasteiger partial charge is 0.416 e. The number of alkyl halides is 3. The highest BCUT2D eigenvalue weighted by Crippen LogP contribution is 2.29. The maximum Gasteiger partial charge on any atom is 0.416 e. The maximum atomic E-state index is 12.5. The van der Waals surface area contributed by atoms with Gasteiger partial charge in [-0.15, -0.1) is 0 Å². The molecule has 2 aliphatic rings. The minimum absolute atomic E-state index is 0.0655. The van der Waals surface area contributed by atoms with Crippen molar-refractivity contribution in [2.45, 2.75) is 38.0 Å². The monoisotopic (exact) mass is 338 g/mol. The second-order valence-corrected chi connectivity index (χ2v) is 6.35. The van der Waals surface area contributed by atoms with Gasteiger partial charge < -0.3 is 4.90 Å². The zero-order chi connectivity index (χ0) is 17.2. The van der Waals surface area contributed by atoms with Crippen molar-refractivity contribution in [1.29, 1.82) is 0 Å². The third-order valence-corrected chi connectivity index (χ3v) is 4.72. The van der Waals surface area contributed by atoms with Crippen LogP contribution in [0.4, 0.5) is 13.2 Å². The van der Waals surface area contributed by atoms with E-state index in [1.165, 1.54) is 31.1 Å². The van der Waals surface area contributed by atoms with Crippen molar-refractivity contribution in [3.05, 3.63) is 41.5 Å². The van der Waals surface area contributed by atoms with E-state index < -0.39 is 11.7 Å². The summed E-state index contributed by atoms with van der Waals surface area (Å²) in [5.41, 5.74) is -0.0899. The number of halogens is 3. The first kappa shape index (κ1) is 17.0. The lowest BCUT2D eigenvalue weighted by molar-refractivity contribution is -0.137. The van der Waals surface area contributed by atoms with Gasteiger partial charge in [0.2, 0.25) is 5.91 Å². The highest BCUT2D eigenvalue weighted by Gasteiger charge is 2.33. The number of hydrogen-bond acceptors (Lipinski definition) is 2. The van der Waals surface area contributed by atoms with Gasteiger partial charge in [0.15, 0.2) is 0 Å². The third-order valence-electron chi connectivity index (χ3n) is 4.72. The van der Waals surface area contributed by atoms with Gasteiger partial charge in [0.05, 0.1) is 11.7 Å². The molecule has 0 bridgehead atoms. The van der Waals surface area contributed by atoms with Gasteiger partial charge in [-0.1, -0.05) is 12.1 Å². The quantitative estimate of drug-likeness (QED) is 0.784. The van der Waals surface area contributed by atoms with Crippen LogP contribution in [0.15, 0.2) is 30.3 Å². The smallest absolute Gasteiger partial charge is 0.323 e. The third kappa shape index (κ3) is 3.80. The number of carbonyl (C=O) groups is 1. The summed E-state index contributed by atoms with van der Waals surface area (Å²) in [7, 11) is 0. The molecular formula is C18H21F3N2O. The van der Waals surface area contributed by atoms with Crippen LogP contribution < -0.4 is 0 Å². The van der Waals surface area contributed by atoms with Gasteiger partial charge in [0.1, 0.15) is 0 Å². The molecule has 2 saturated heterocycles. The molecule has 130 valence electrons. The van der Waals surface area contributed by atoms with Crippen LogP contribution in [0.2, 0.25) is 0 Å². The molecule has 0 saturated carbocycles. The maximum absolute atomic E-state index is 12.5. The van der Waals surface area contributed by atoms with E-state index in [0.29, 0.717) is 5.56 Å². The fraction of sp³-hybridized carbons (Fsp3) is 0.500. The number of benzene rings is 1. The zero-order valence-corrected chi connectivity index (χ0v) is 13.4. The number of nitrogens with zero attached hydrogens (tertiary/aromatic N) is 2. The highest BCUT2D eigenvalue weighted by molar-refractivity contribution is 5.92. The standard InChI is InChI=1S/C18H21F3N2O/c19-18(20,21)15-8-5-14(6-9-15)7-10-17(24)23-13-3-4-16(23)22-11-1-2-12-22/h5-10,16H,1-4,11-13H2/b10-7+/t16-/m1/s1. The van der Waals surface area contributed by atoms with Gasteiger partial charge in [0.25, 0.3) is 0 Å². The minimum Gasteiger partial charge on any atom is -0.323 e. The molecule has 24 heavy (non-hydrogen) atoms. The summed E-state index contributed by atoms with van der Waals surface area (Å²) in [6, 6.07) is 4.84. The summed E-state index contributed by atoms with van der Waals surface area (Å²) in [6.45, 7) is 2.82. The topological polar surface area (TPSA) is 23.6 Å². The molecule has 2 fully saturated rings. The summed E-state index contributed by atoms with van der Waals surface area (Å²) in [4.78, 5) is 16.7. The molecule has 2 aliphatic heterocycles. The van der Waals surface area contributed by atoms with Gasteiger partial charge >= 0.3 is 6.18 Å². The molecule has 0 N–H and O–H groups in total. The van der Waals surface area contributed by atoms with Crippen molar-refractivity contribution in [2.24, 2.45) is 0 Å². The van der Waals surface area contributed by atoms with Crippen LogP contribution in [0, 0.1) is 0 Å². The SMILES string of the molecule is O=C(/C=C/c1ccc(C(F)(F)F)cc1)N1CCC[C@@H]1N1CCCC1. The van der Waals surface area contributed by atoms with Crippen LogP contribution in [-0.2, 0) is 11.0 Å². The van der Waals surface area contributed by atoms with Gasteiger partial charge in [-0.3, -0.25) is 9.69 Å². The number of rotatable bonds is 3. The first-order valence-corrected chi connectivity index (χ1v) is 8.35. The Bertz CT molecular complexity index is 604. The summed E-state index contributed by atoms with van der Waals surface area (Å²) in [6.07, 6.45) is 3.26. The fourth-order valence-corrected chi connectivity index (χ4v) is 3.47. The normalized spacial score (nSPS) is 22.6. The Labute approximate surface area is 139 Å².